The number of allylic oxidation sites excluding steroid dienone is 1. The van der Waals surface area contributed by atoms with E-state index in [0.29, 0.717) is 25.7 Å². The van der Waals surface area contributed by atoms with E-state index in [-0.39, 0.29) is 16.4 Å². The number of carbonyl (C=O) groups is 1. The number of esters is 1. The Kier molecular flexibility index (Phi) is 6.83. The van der Waals surface area contributed by atoms with Crippen molar-refractivity contribution in [3.8, 4) is 5.75 Å². The highest BCUT2D eigenvalue weighted by molar-refractivity contribution is 8.23. The van der Waals surface area contributed by atoms with Crippen LogP contribution in [0.15, 0.2) is 41.0 Å². The van der Waals surface area contributed by atoms with Gasteiger partial charge in [-0.2, -0.15) is 10.5 Å². The topological polar surface area (TPSA) is 80.0 Å². The average molecular weight is 460 g/mol. The molecule has 1 atom stereocenters. The van der Waals surface area contributed by atoms with Gasteiger partial charge < -0.3 is 23.4 Å². The van der Waals surface area contributed by atoms with Crippen molar-refractivity contribution in [2.45, 2.75) is 39.1 Å². The summed E-state index contributed by atoms with van der Waals surface area (Å²) in [7, 11) is 1.42. The number of carbonyl (C=O) groups excluding carboxylic acids is 1. The molecular formula is C24H29NO6S. The number of oxazole rings is 1. The molecule has 1 aromatic carbocycles. The normalized spacial score (nSPS) is 25.5. The van der Waals surface area contributed by atoms with Crippen molar-refractivity contribution in [2.24, 2.45) is 5.92 Å². The second-order valence-corrected chi connectivity index (χ2v) is 10.3. The number of hydrogen-bond acceptors (Lipinski definition) is 7. The summed E-state index contributed by atoms with van der Waals surface area (Å²) in [5.41, 5.74) is 1.92. The zero-order valence-corrected chi connectivity index (χ0v) is 19.7. The summed E-state index contributed by atoms with van der Waals surface area (Å²) in [6.07, 6.45) is 7.86. The maximum atomic E-state index is 11.8. The molecule has 2 aliphatic heterocycles. The first-order valence-corrected chi connectivity index (χ1v) is 12.2. The van der Waals surface area contributed by atoms with Crippen molar-refractivity contribution in [1.29, 1.82) is 0 Å². The van der Waals surface area contributed by atoms with Crippen molar-refractivity contribution < 1.29 is 28.2 Å². The number of benzene rings is 1. The number of ether oxygens (including phenoxy) is 4. The van der Waals surface area contributed by atoms with Gasteiger partial charge in [0.25, 0.3) is 5.79 Å². The van der Waals surface area contributed by atoms with Gasteiger partial charge >= 0.3 is 5.97 Å². The van der Waals surface area contributed by atoms with Gasteiger partial charge in [-0.25, -0.2) is 9.78 Å². The van der Waals surface area contributed by atoms with Crippen LogP contribution >= 0.6 is 10.5 Å². The summed E-state index contributed by atoms with van der Waals surface area (Å²) >= 11 is 0. The number of methoxy groups -OCH3 is 1. The molecule has 0 radical (unpaired) electrons. The van der Waals surface area contributed by atoms with E-state index in [2.05, 4.69) is 24.2 Å². The van der Waals surface area contributed by atoms with E-state index in [1.165, 1.54) is 16.9 Å². The Labute approximate surface area is 190 Å². The fraction of sp³-hybridized carbons (Fsp3) is 0.458. The number of nitrogens with zero attached hydrogens (tertiary/aromatic N) is 1. The van der Waals surface area contributed by atoms with Crippen LogP contribution in [0.1, 0.15) is 37.4 Å². The Bertz CT molecular complexity index is 1030. The predicted octanol–water partition coefficient (Wildman–Crippen LogP) is 4.18. The van der Waals surface area contributed by atoms with E-state index in [1.54, 1.807) is 13.2 Å². The van der Waals surface area contributed by atoms with Crippen LogP contribution in [0.2, 0.25) is 0 Å². The van der Waals surface area contributed by atoms with Crippen molar-refractivity contribution in [3.05, 3.63) is 53.8 Å². The summed E-state index contributed by atoms with van der Waals surface area (Å²) in [6.45, 7) is 4.99. The molecule has 0 spiro atoms. The van der Waals surface area contributed by atoms with E-state index in [1.807, 2.05) is 24.3 Å². The fourth-order valence-corrected chi connectivity index (χ4v) is 5.05. The predicted molar refractivity (Wildman–Crippen MR) is 124 cm³/mol. The van der Waals surface area contributed by atoms with E-state index < -0.39 is 11.8 Å². The minimum atomic E-state index is -1.31. The highest BCUT2D eigenvalue weighted by Crippen LogP contribution is 2.38. The Hall–Kier alpha value is -2.42. The van der Waals surface area contributed by atoms with E-state index in [9.17, 15) is 4.79 Å². The summed E-state index contributed by atoms with van der Waals surface area (Å²) in [6, 6.07) is 7.95. The molecule has 1 saturated heterocycles. The molecule has 0 saturated carbocycles. The molecule has 172 valence electrons. The fourth-order valence-electron chi connectivity index (χ4n) is 3.66. The van der Waals surface area contributed by atoms with Crippen LogP contribution < -0.4 is 4.74 Å². The third kappa shape index (κ3) is 4.98. The zero-order valence-electron chi connectivity index (χ0n) is 18.9. The maximum Gasteiger partial charge on any atom is 0.366 e. The van der Waals surface area contributed by atoms with Gasteiger partial charge in [0.15, 0.2) is 0 Å². The standard InChI is InChI=1S/C24H29NO6S/c1-16-5-10-21(32(16)4)22-25-19(15-29-22)14-28-20-8-6-17(7-9-20)11-18-12-30-24(2,31-13-18)23(26)27-3/h6-10,15,18H,5,11-14H2,1-4H3. The van der Waals surface area contributed by atoms with Crippen LogP contribution in [0.25, 0.3) is 4.91 Å². The number of aromatic nitrogens is 1. The molecule has 0 N–H and O–H groups in total. The monoisotopic (exact) mass is 459 g/mol. The molecular weight excluding hydrogens is 430 g/mol. The van der Waals surface area contributed by atoms with Crippen LogP contribution in [0.5, 0.6) is 5.75 Å². The molecule has 1 aromatic heterocycles. The van der Waals surface area contributed by atoms with Gasteiger partial charge in [-0.05, 0) is 48.6 Å². The lowest BCUT2D eigenvalue weighted by Crippen LogP contribution is -2.48. The zero-order chi connectivity index (χ0) is 22.7. The van der Waals surface area contributed by atoms with Crippen molar-refractivity contribution in [2.75, 3.05) is 26.6 Å². The molecule has 0 aliphatic carbocycles. The first-order chi connectivity index (χ1) is 15.4. The number of hydrogen-bond donors (Lipinski definition) is 0. The smallest absolute Gasteiger partial charge is 0.366 e. The molecule has 1 fully saturated rings. The molecule has 8 heteroatoms. The lowest BCUT2D eigenvalue weighted by atomic mass is 9.99. The van der Waals surface area contributed by atoms with E-state index in [0.717, 1.165) is 29.8 Å². The third-order valence-corrected chi connectivity index (χ3v) is 7.98. The average Bonchev–Trinajstić information content (AvgIpc) is 3.41. The molecule has 1 unspecified atom stereocenters. The van der Waals surface area contributed by atoms with Crippen LogP contribution in [0, 0.1) is 5.92 Å². The minimum absolute atomic E-state index is 0.0935. The van der Waals surface area contributed by atoms with Crippen molar-refractivity contribution >= 4 is 26.2 Å². The van der Waals surface area contributed by atoms with Gasteiger partial charge in [0.2, 0.25) is 5.89 Å². The molecule has 4 rings (SSSR count). The first kappa shape index (κ1) is 22.8. The maximum absolute atomic E-state index is 11.8. The Morgan fingerprint density at radius 2 is 1.97 bits per heavy atom. The molecule has 2 aliphatic rings. The molecule has 3 heterocycles. The summed E-state index contributed by atoms with van der Waals surface area (Å²) in [5, 5.41) is 0. The van der Waals surface area contributed by atoms with Crippen LogP contribution in [-0.2, 0) is 32.0 Å². The van der Waals surface area contributed by atoms with Crippen LogP contribution in [0.3, 0.4) is 0 Å². The number of rotatable bonds is 7. The Morgan fingerprint density at radius 1 is 1.25 bits per heavy atom. The summed E-state index contributed by atoms with van der Waals surface area (Å²) in [4.78, 5) is 19.0. The minimum Gasteiger partial charge on any atom is -0.487 e. The van der Waals surface area contributed by atoms with Crippen LogP contribution in [0.4, 0.5) is 0 Å². The van der Waals surface area contributed by atoms with Gasteiger partial charge in [0.1, 0.15) is 24.3 Å². The Balaban J connectivity index is 1.27. The second kappa shape index (κ2) is 9.60. The van der Waals surface area contributed by atoms with Gasteiger partial charge in [-0.1, -0.05) is 18.2 Å². The second-order valence-electron chi connectivity index (χ2n) is 8.19. The summed E-state index contributed by atoms with van der Waals surface area (Å²) in [5.74, 6) is -0.190. The third-order valence-electron chi connectivity index (χ3n) is 5.77. The highest BCUT2D eigenvalue weighted by Gasteiger charge is 2.41. The quantitative estimate of drug-likeness (QED) is 0.454. The van der Waals surface area contributed by atoms with Crippen molar-refractivity contribution in [3.63, 3.8) is 0 Å². The Morgan fingerprint density at radius 3 is 2.59 bits per heavy atom. The lowest BCUT2D eigenvalue weighted by molar-refractivity contribution is -0.272. The molecule has 2 aromatic rings. The molecule has 32 heavy (non-hydrogen) atoms. The first-order valence-electron chi connectivity index (χ1n) is 10.6. The van der Waals surface area contributed by atoms with Crippen LogP contribution in [-0.4, -0.2) is 48.2 Å². The van der Waals surface area contributed by atoms with Gasteiger partial charge in [0, 0.05) is 12.8 Å². The van der Waals surface area contributed by atoms with E-state index >= 15 is 0 Å². The van der Waals surface area contributed by atoms with Gasteiger partial charge in [0.05, 0.1) is 25.2 Å². The lowest BCUT2D eigenvalue weighted by Gasteiger charge is -2.35. The molecule has 7 nitrogen and oxygen atoms in total. The van der Waals surface area contributed by atoms with Crippen molar-refractivity contribution in [1.82, 2.24) is 4.98 Å². The van der Waals surface area contributed by atoms with Gasteiger partial charge in [-0.15, -0.1) is 0 Å². The van der Waals surface area contributed by atoms with Gasteiger partial charge in [-0.3, -0.25) is 0 Å². The SMILES string of the molecule is COC(=O)C1(C)OCC(Cc2ccc(OCc3coc(C4=CCC(C)=S4C)n3)cc2)CO1. The largest absolute Gasteiger partial charge is 0.487 e. The summed E-state index contributed by atoms with van der Waals surface area (Å²) < 4.78 is 27.5. The van der Waals surface area contributed by atoms with E-state index in [4.69, 9.17) is 23.4 Å². The highest BCUT2D eigenvalue weighted by atomic mass is 32.2. The molecule has 0 amide bonds. The molecule has 0 bridgehead atoms.